The summed E-state index contributed by atoms with van der Waals surface area (Å²) in [7, 11) is 2.00. The Bertz CT molecular complexity index is 894. The molecule has 1 saturated heterocycles. The third-order valence-corrected chi connectivity index (χ3v) is 5.13. The molecule has 4 rings (SSSR count). The van der Waals surface area contributed by atoms with Crippen LogP contribution >= 0.6 is 0 Å². The minimum Gasteiger partial charge on any atom is -0.339 e. The van der Waals surface area contributed by atoms with Crippen LogP contribution in [0.5, 0.6) is 0 Å². The van der Waals surface area contributed by atoms with Crippen molar-refractivity contribution >= 4 is 11.9 Å². The number of aromatic nitrogens is 2. The Morgan fingerprint density at radius 1 is 0.926 bits per heavy atom. The molecular weight excluding hydrogens is 336 g/mol. The zero-order valence-corrected chi connectivity index (χ0v) is 15.6. The molecule has 0 bridgehead atoms. The number of imidazole rings is 1. The van der Waals surface area contributed by atoms with Crippen LogP contribution in [0, 0.1) is 0 Å². The molecule has 1 fully saturated rings. The van der Waals surface area contributed by atoms with Crippen molar-refractivity contribution in [3.8, 4) is 11.1 Å². The number of amides is 1. The van der Waals surface area contributed by atoms with E-state index in [0.29, 0.717) is 6.42 Å². The normalized spacial score (nSPS) is 14.4. The van der Waals surface area contributed by atoms with Crippen LogP contribution in [-0.4, -0.2) is 46.5 Å². The fourth-order valence-corrected chi connectivity index (χ4v) is 3.55. The monoisotopic (exact) mass is 360 g/mol. The highest BCUT2D eigenvalue weighted by atomic mass is 16.2. The van der Waals surface area contributed by atoms with Crippen LogP contribution in [0.1, 0.15) is 5.56 Å². The lowest BCUT2D eigenvalue weighted by molar-refractivity contribution is -0.130. The van der Waals surface area contributed by atoms with Crippen molar-refractivity contribution in [2.45, 2.75) is 6.42 Å². The van der Waals surface area contributed by atoms with Crippen LogP contribution in [0.2, 0.25) is 0 Å². The lowest BCUT2D eigenvalue weighted by atomic mass is 10.0. The number of carbonyl (C=O) groups is 1. The molecule has 0 spiro atoms. The second-order valence-corrected chi connectivity index (χ2v) is 6.95. The molecule has 0 atom stereocenters. The first-order valence-corrected chi connectivity index (χ1v) is 9.35. The lowest BCUT2D eigenvalue weighted by Crippen LogP contribution is -2.49. The van der Waals surface area contributed by atoms with Gasteiger partial charge in [-0.05, 0) is 16.7 Å². The molecule has 27 heavy (non-hydrogen) atoms. The van der Waals surface area contributed by atoms with Gasteiger partial charge < -0.3 is 14.4 Å². The van der Waals surface area contributed by atoms with E-state index in [1.807, 2.05) is 47.1 Å². The summed E-state index contributed by atoms with van der Waals surface area (Å²) in [6.45, 7) is 3.13. The molecule has 0 saturated carbocycles. The summed E-state index contributed by atoms with van der Waals surface area (Å²) in [4.78, 5) is 21.3. The molecule has 2 aromatic carbocycles. The number of benzene rings is 2. The summed E-state index contributed by atoms with van der Waals surface area (Å²) in [5, 5.41) is 0. The third-order valence-electron chi connectivity index (χ3n) is 5.13. The summed E-state index contributed by atoms with van der Waals surface area (Å²) in [6.07, 6.45) is 4.22. The number of hydrogen-bond acceptors (Lipinski definition) is 3. The van der Waals surface area contributed by atoms with Crippen LogP contribution < -0.4 is 4.90 Å². The molecule has 0 unspecified atom stereocenters. The van der Waals surface area contributed by atoms with Crippen molar-refractivity contribution in [1.82, 2.24) is 14.5 Å². The fourth-order valence-electron chi connectivity index (χ4n) is 3.55. The molecule has 2 heterocycles. The molecule has 1 aliphatic heterocycles. The molecule has 3 aromatic rings. The van der Waals surface area contributed by atoms with Gasteiger partial charge in [0, 0.05) is 45.6 Å². The number of hydrogen-bond donors (Lipinski definition) is 0. The van der Waals surface area contributed by atoms with E-state index in [-0.39, 0.29) is 5.91 Å². The van der Waals surface area contributed by atoms with Crippen molar-refractivity contribution in [2.24, 2.45) is 7.05 Å². The van der Waals surface area contributed by atoms with Crippen molar-refractivity contribution in [2.75, 3.05) is 31.1 Å². The first-order valence-electron chi connectivity index (χ1n) is 9.35. The smallest absolute Gasteiger partial charge is 0.227 e. The second kappa shape index (κ2) is 7.66. The first-order chi connectivity index (χ1) is 13.2. The highest BCUT2D eigenvalue weighted by Crippen LogP contribution is 2.20. The van der Waals surface area contributed by atoms with E-state index in [1.165, 1.54) is 11.1 Å². The summed E-state index contributed by atoms with van der Waals surface area (Å²) >= 11 is 0. The van der Waals surface area contributed by atoms with Crippen LogP contribution in [-0.2, 0) is 18.3 Å². The maximum absolute atomic E-state index is 12.7. The van der Waals surface area contributed by atoms with E-state index in [2.05, 4.69) is 46.3 Å². The predicted octanol–water partition coefficient (Wildman–Crippen LogP) is 2.98. The van der Waals surface area contributed by atoms with Crippen molar-refractivity contribution in [3.63, 3.8) is 0 Å². The van der Waals surface area contributed by atoms with Gasteiger partial charge in [-0.25, -0.2) is 4.98 Å². The quantitative estimate of drug-likeness (QED) is 0.718. The van der Waals surface area contributed by atoms with Crippen molar-refractivity contribution in [1.29, 1.82) is 0 Å². The van der Waals surface area contributed by atoms with Crippen LogP contribution in [0.4, 0.5) is 5.95 Å². The zero-order chi connectivity index (χ0) is 18.6. The van der Waals surface area contributed by atoms with Gasteiger partial charge in [-0.3, -0.25) is 4.79 Å². The van der Waals surface area contributed by atoms with Gasteiger partial charge >= 0.3 is 0 Å². The minimum atomic E-state index is 0.196. The van der Waals surface area contributed by atoms with E-state index in [9.17, 15) is 4.79 Å². The van der Waals surface area contributed by atoms with Crippen LogP contribution in [0.15, 0.2) is 67.0 Å². The number of nitrogens with zero attached hydrogens (tertiary/aromatic N) is 4. The second-order valence-electron chi connectivity index (χ2n) is 6.95. The molecule has 1 aliphatic rings. The van der Waals surface area contributed by atoms with Crippen LogP contribution in [0.25, 0.3) is 11.1 Å². The maximum Gasteiger partial charge on any atom is 0.227 e. The maximum atomic E-state index is 12.7. The van der Waals surface area contributed by atoms with Gasteiger partial charge in [0.05, 0.1) is 6.42 Å². The topological polar surface area (TPSA) is 41.4 Å². The average molecular weight is 360 g/mol. The largest absolute Gasteiger partial charge is 0.339 e. The molecule has 0 aliphatic carbocycles. The van der Waals surface area contributed by atoms with Gasteiger partial charge in [0.2, 0.25) is 11.9 Å². The summed E-state index contributed by atoms with van der Waals surface area (Å²) in [5.41, 5.74) is 3.43. The molecule has 5 nitrogen and oxygen atoms in total. The van der Waals surface area contributed by atoms with Gasteiger partial charge in [0.25, 0.3) is 0 Å². The Morgan fingerprint density at radius 2 is 1.59 bits per heavy atom. The minimum absolute atomic E-state index is 0.196. The van der Waals surface area contributed by atoms with Gasteiger partial charge in [0.15, 0.2) is 0 Å². The molecule has 0 radical (unpaired) electrons. The highest BCUT2D eigenvalue weighted by molar-refractivity contribution is 5.79. The SMILES string of the molecule is Cn1ccnc1N1CCN(C(=O)Cc2ccc(-c3ccccc3)cc2)CC1. The Hall–Kier alpha value is -3.08. The number of aryl methyl sites for hydroxylation is 1. The summed E-state index contributed by atoms with van der Waals surface area (Å²) < 4.78 is 2.02. The Morgan fingerprint density at radius 3 is 2.22 bits per heavy atom. The van der Waals surface area contributed by atoms with Crippen LogP contribution in [0.3, 0.4) is 0 Å². The standard InChI is InChI=1S/C22H24N4O/c1-24-12-11-23-22(24)26-15-13-25(14-16-26)21(27)17-18-7-9-20(10-8-18)19-5-3-2-4-6-19/h2-12H,13-17H2,1H3. The average Bonchev–Trinajstić information content (AvgIpc) is 3.15. The van der Waals surface area contributed by atoms with E-state index < -0.39 is 0 Å². The van der Waals surface area contributed by atoms with E-state index >= 15 is 0 Å². The Kier molecular flexibility index (Phi) is 4.92. The van der Waals surface area contributed by atoms with Gasteiger partial charge in [-0.15, -0.1) is 0 Å². The number of anilines is 1. The van der Waals surface area contributed by atoms with Crippen molar-refractivity contribution in [3.05, 3.63) is 72.6 Å². The number of piperazine rings is 1. The zero-order valence-electron chi connectivity index (χ0n) is 15.6. The first kappa shape index (κ1) is 17.3. The molecule has 0 N–H and O–H groups in total. The summed E-state index contributed by atoms with van der Waals surface area (Å²) in [5.74, 6) is 1.17. The van der Waals surface area contributed by atoms with Gasteiger partial charge in [-0.1, -0.05) is 54.6 Å². The highest BCUT2D eigenvalue weighted by Gasteiger charge is 2.23. The van der Waals surface area contributed by atoms with E-state index in [4.69, 9.17) is 0 Å². The fraction of sp³-hybridized carbons (Fsp3) is 0.273. The lowest BCUT2D eigenvalue weighted by Gasteiger charge is -2.35. The Labute approximate surface area is 159 Å². The molecular formula is C22H24N4O. The molecule has 138 valence electrons. The van der Waals surface area contributed by atoms with E-state index in [1.54, 1.807) is 0 Å². The van der Waals surface area contributed by atoms with Crippen molar-refractivity contribution < 1.29 is 4.79 Å². The van der Waals surface area contributed by atoms with Gasteiger partial charge in [-0.2, -0.15) is 0 Å². The summed E-state index contributed by atoms with van der Waals surface area (Å²) in [6, 6.07) is 18.6. The predicted molar refractivity (Wildman–Crippen MR) is 108 cm³/mol. The Balaban J connectivity index is 1.34. The molecule has 1 aromatic heterocycles. The van der Waals surface area contributed by atoms with E-state index in [0.717, 1.165) is 37.7 Å². The number of carbonyl (C=O) groups excluding carboxylic acids is 1. The van der Waals surface area contributed by atoms with Gasteiger partial charge in [0.1, 0.15) is 0 Å². The molecule has 1 amide bonds. The third kappa shape index (κ3) is 3.87. The number of rotatable bonds is 4. The molecule has 5 heteroatoms.